The van der Waals surface area contributed by atoms with Crippen molar-refractivity contribution >= 4 is 0 Å². The van der Waals surface area contributed by atoms with Gasteiger partial charge >= 0.3 is 0 Å². The minimum atomic E-state index is -0.958. The molecule has 0 aliphatic heterocycles. The molecule has 0 aliphatic rings. The predicted octanol–water partition coefficient (Wildman–Crippen LogP) is -1.60. The Morgan fingerprint density at radius 2 is 1.69 bits per heavy atom. The second kappa shape index (κ2) is 6.28. The molecule has 0 heterocycles. The molecule has 0 saturated heterocycles. The summed E-state index contributed by atoms with van der Waals surface area (Å²) < 4.78 is 4.97. The van der Waals surface area contributed by atoms with Crippen LogP contribution in [0.5, 0.6) is 0 Å². The number of hydrogen-bond donors (Lipinski definition) is 4. The molecular formula is C8H18N2O3. The maximum absolute atomic E-state index is 8.91. The van der Waals surface area contributed by atoms with Crippen molar-refractivity contribution < 1.29 is 14.9 Å². The molecule has 0 amide bonds. The van der Waals surface area contributed by atoms with Crippen molar-refractivity contribution in [2.24, 2.45) is 11.5 Å². The molecule has 0 aromatic heterocycles. The summed E-state index contributed by atoms with van der Waals surface area (Å²) in [6.07, 6.45) is -2.15. The number of rotatable bonds is 6. The van der Waals surface area contributed by atoms with Crippen molar-refractivity contribution in [3.8, 4) is 0 Å². The van der Waals surface area contributed by atoms with Crippen molar-refractivity contribution in [2.75, 3.05) is 6.61 Å². The average Bonchev–Trinajstić information content (AvgIpc) is 2.03. The fourth-order valence-corrected chi connectivity index (χ4v) is 0.644. The first-order valence-electron chi connectivity index (χ1n) is 4.10. The van der Waals surface area contributed by atoms with Crippen LogP contribution in [0.1, 0.15) is 6.42 Å². The van der Waals surface area contributed by atoms with Gasteiger partial charge in [0.25, 0.3) is 0 Å². The van der Waals surface area contributed by atoms with E-state index in [0.717, 1.165) is 0 Å². The molecule has 0 bridgehead atoms. The quantitative estimate of drug-likeness (QED) is 0.378. The lowest BCUT2D eigenvalue weighted by atomic mass is 10.1. The van der Waals surface area contributed by atoms with Gasteiger partial charge in [-0.25, -0.2) is 0 Å². The van der Waals surface area contributed by atoms with Gasteiger partial charge in [-0.1, -0.05) is 0 Å². The van der Waals surface area contributed by atoms with Crippen molar-refractivity contribution in [1.82, 2.24) is 0 Å². The number of ether oxygens (including phenoxy) is 1. The molecule has 5 heteroatoms. The van der Waals surface area contributed by atoms with Crippen LogP contribution < -0.4 is 11.5 Å². The Labute approximate surface area is 78.7 Å². The van der Waals surface area contributed by atoms with Gasteiger partial charge in [-0.15, -0.1) is 0 Å². The van der Waals surface area contributed by atoms with Crippen LogP contribution in [0.15, 0.2) is 0 Å². The third-order valence-electron chi connectivity index (χ3n) is 1.63. The number of aliphatic hydroxyl groups excluding tert-OH is 2. The lowest BCUT2D eigenvalue weighted by Gasteiger charge is -2.18. The summed E-state index contributed by atoms with van der Waals surface area (Å²) in [6, 6.07) is -0.436. The van der Waals surface area contributed by atoms with Gasteiger partial charge in [-0.05, 0) is 20.3 Å². The molecule has 0 spiro atoms. The summed E-state index contributed by atoms with van der Waals surface area (Å²) in [4.78, 5) is 0. The summed E-state index contributed by atoms with van der Waals surface area (Å²) in [6.45, 7) is 6.90. The van der Waals surface area contributed by atoms with Gasteiger partial charge in [0.05, 0.1) is 18.8 Å². The Balaban J connectivity index is 3.45. The second-order valence-electron chi connectivity index (χ2n) is 2.92. The highest BCUT2D eigenvalue weighted by Crippen LogP contribution is 1.98. The zero-order valence-corrected chi connectivity index (χ0v) is 7.60. The van der Waals surface area contributed by atoms with E-state index in [2.05, 4.69) is 13.8 Å². The molecule has 0 fully saturated rings. The van der Waals surface area contributed by atoms with E-state index < -0.39 is 24.5 Å². The zero-order chi connectivity index (χ0) is 10.4. The van der Waals surface area contributed by atoms with E-state index >= 15 is 0 Å². The van der Waals surface area contributed by atoms with Crippen LogP contribution in [0.3, 0.4) is 0 Å². The van der Waals surface area contributed by atoms with Crippen molar-refractivity contribution in [2.45, 2.75) is 30.9 Å². The van der Waals surface area contributed by atoms with Gasteiger partial charge in [-0.3, -0.25) is 0 Å². The molecule has 4 unspecified atom stereocenters. The largest absolute Gasteiger partial charge is 0.392 e. The summed E-state index contributed by atoms with van der Waals surface area (Å²) in [5, 5.41) is 17.8. The van der Waals surface area contributed by atoms with Crippen LogP contribution in [-0.4, -0.2) is 41.3 Å². The topological polar surface area (TPSA) is 102 Å². The standard InChI is InChI=1S/C8H18N2O3/c1-5(11)7(9)3-4-13-8(10)6(2)12/h5-8,11-12H,1-4,9-10H2. The van der Waals surface area contributed by atoms with Crippen molar-refractivity contribution in [3.05, 3.63) is 13.8 Å². The monoisotopic (exact) mass is 190 g/mol. The van der Waals surface area contributed by atoms with E-state index in [9.17, 15) is 0 Å². The third kappa shape index (κ3) is 5.95. The van der Waals surface area contributed by atoms with Gasteiger partial charge in [0.2, 0.25) is 0 Å². The van der Waals surface area contributed by atoms with E-state index in [1.165, 1.54) is 0 Å². The molecule has 0 aromatic rings. The Kier molecular flexibility index (Phi) is 6.19. The van der Waals surface area contributed by atoms with Crippen LogP contribution in [0.4, 0.5) is 0 Å². The van der Waals surface area contributed by atoms with Gasteiger partial charge < -0.3 is 26.4 Å². The average molecular weight is 190 g/mol. The lowest BCUT2D eigenvalue weighted by molar-refractivity contribution is -0.0194. The summed E-state index contributed by atoms with van der Waals surface area (Å²) in [7, 11) is 0. The van der Waals surface area contributed by atoms with E-state index in [-0.39, 0.29) is 6.61 Å². The van der Waals surface area contributed by atoms with Crippen LogP contribution in [-0.2, 0) is 4.74 Å². The fourth-order valence-electron chi connectivity index (χ4n) is 0.644. The molecule has 13 heavy (non-hydrogen) atoms. The SMILES string of the molecule is [CH2]C(O)C(N)CCOC(N)C([CH2])O. The molecule has 5 nitrogen and oxygen atoms in total. The van der Waals surface area contributed by atoms with Gasteiger partial charge in [0.15, 0.2) is 0 Å². The Morgan fingerprint density at radius 3 is 2.08 bits per heavy atom. The summed E-state index contributed by atoms with van der Waals surface area (Å²) in [5.74, 6) is 0. The third-order valence-corrected chi connectivity index (χ3v) is 1.63. The molecule has 78 valence electrons. The number of nitrogens with two attached hydrogens (primary N) is 2. The highest BCUT2D eigenvalue weighted by molar-refractivity contribution is 4.73. The van der Waals surface area contributed by atoms with Gasteiger partial charge in [0.1, 0.15) is 6.23 Å². The highest BCUT2D eigenvalue weighted by Gasteiger charge is 2.12. The minimum absolute atomic E-state index is 0.265. The van der Waals surface area contributed by atoms with Gasteiger partial charge in [-0.2, -0.15) is 0 Å². The molecule has 0 aliphatic carbocycles. The smallest absolute Gasteiger partial charge is 0.131 e. The second-order valence-corrected chi connectivity index (χ2v) is 2.92. The minimum Gasteiger partial charge on any atom is -0.392 e. The Hall–Kier alpha value is -0.200. The number of aliphatic hydroxyl groups is 2. The molecule has 0 rings (SSSR count). The fraction of sp³-hybridized carbons (Fsp3) is 0.750. The molecule has 4 atom stereocenters. The van der Waals surface area contributed by atoms with E-state index in [0.29, 0.717) is 6.42 Å². The molecule has 2 radical (unpaired) electrons. The Bertz CT molecular complexity index is 117. The van der Waals surface area contributed by atoms with E-state index in [1.807, 2.05) is 0 Å². The lowest BCUT2D eigenvalue weighted by Crippen LogP contribution is -2.38. The van der Waals surface area contributed by atoms with Crippen LogP contribution in [0, 0.1) is 13.8 Å². The Morgan fingerprint density at radius 1 is 1.15 bits per heavy atom. The van der Waals surface area contributed by atoms with E-state index in [1.54, 1.807) is 0 Å². The number of hydrogen-bond acceptors (Lipinski definition) is 5. The molecule has 0 aromatic carbocycles. The van der Waals surface area contributed by atoms with Crippen molar-refractivity contribution in [1.29, 1.82) is 0 Å². The maximum Gasteiger partial charge on any atom is 0.131 e. The molecule has 0 saturated carbocycles. The van der Waals surface area contributed by atoms with Crippen LogP contribution in [0.25, 0.3) is 0 Å². The summed E-state index contributed by atoms with van der Waals surface area (Å²) >= 11 is 0. The molecule has 6 N–H and O–H groups in total. The highest BCUT2D eigenvalue weighted by atomic mass is 16.5. The maximum atomic E-state index is 8.91. The first-order valence-corrected chi connectivity index (χ1v) is 4.10. The predicted molar refractivity (Wildman–Crippen MR) is 49.2 cm³/mol. The first kappa shape index (κ1) is 12.8. The van der Waals surface area contributed by atoms with E-state index in [4.69, 9.17) is 26.4 Å². The van der Waals surface area contributed by atoms with Crippen molar-refractivity contribution in [3.63, 3.8) is 0 Å². The summed E-state index contributed by atoms with van der Waals surface area (Å²) in [5.41, 5.74) is 10.8. The van der Waals surface area contributed by atoms with Crippen LogP contribution in [0.2, 0.25) is 0 Å². The first-order chi connectivity index (χ1) is 5.95. The molecular weight excluding hydrogens is 172 g/mol. The zero-order valence-electron chi connectivity index (χ0n) is 7.60. The van der Waals surface area contributed by atoms with Gasteiger partial charge in [0, 0.05) is 6.04 Å². The van der Waals surface area contributed by atoms with Crippen LogP contribution >= 0.6 is 0 Å². The normalized spacial score (nSPS) is 20.8.